The monoisotopic (exact) mass is 331 g/mol. The Balaban J connectivity index is 1.89. The van der Waals surface area contributed by atoms with Gasteiger partial charge in [0.15, 0.2) is 5.78 Å². The van der Waals surface area contributed by atoms with Crippen LogP contribution in [0.4, 0.5) is 5.69 Å². The Kier molecular flexibility index (Phi) is 4.00. The molecule has 3 heteroatoms. The molecular formula is C22H21NO2. The number of anilines is 1. The van der Waals surface area contributed by atoms with Crippen LogP contribution in [0.2, 0.25) is 0 Å². The molecular weight excluding hydrogens is 310 g/mol. The minimum Gasteiger partial charge on any atom is -0.294 e. The zero-order chi connectivity index (χ0) is 17.4. The smallest absolute Gasteiger partial charge is 0.232 e. The highest BCUT2D eigenvalue weighted by molar-refractivity contribution is 6.07. The van der Waals surface area contributed by atoms with Crippen molar-refractivity contribution in [3.63, 3.8) is 0 Å². The molecule has 2 aliphatic rings. The maximum atomic E-state index is 13.1. The number of nitrogens with zero attached hydrogens (tertiary/aromatic N) is 1. The molecule has 0 spiro atoms. The lowest BCUT2D eigenvalue weighted by atomic mass is 9.77. The van der Waals surface area contributed by atoms with E-state index >= 15 is 0 Å². The second-order valence-electron chi connectivity index (χ2n) is 6.82. The van der Waals surface area contributed by atoms with E-state index in [-0.39, 0.29) is 17.6 Å². The van der Waals surface area contributed by atoms with Gasteiger partial charge in [-0.25, -0.2) is 0 Å². The van der Waals surface area contributed by atoms with Crippen molar-refractivity contribution in [1.82, 2.24) is 0 Å². The number of ketones is 1. The van der Waals surface area contributed by atoms with E-state index in [1.165, 1.54) is 0 Å². The van der Waals surface area contributed by atoms with Gasteiger partial charge in [0.1, 0.15) is 0 Å². The van der Waals surface area contributed by atoms with Gasteiger partial charge in [0.25, 0.3) is 0 Å². The summed E-state index contributed by atoms with van der Waals surface area (Å²) in [6.07, 6.45) is 2.53. The van der Waals surface area contributed by atoms with Crippen molar-refractivity contribution in [3.8, 4) is 0 Å². The van der Waals surface area contributed by atoms with Gasteiger partial charge in [-0.2, -0.15) is 0 Å². The fourth-order valence-electron chi connectivity index (χ4n) is 4.06. The highest BCUT2D eigenvalue weighted by Gasteiger charge is 2.39. The van der Waals surface area contributed by atoms with E-state index in [4.69, 9.17) is 0 Å². The normalized spacial score (nSPS) is 20.7. The van der Waals surface area contributed by atoms with Gasteiger partial charge >= 0.3 is 0 Å². The van der Waals surface area contributed by atoms with Crippen molar-refractivity contribution < 1.29 is 9.59 Å². The number of Topliss-reactive ketones (excluding diaryl/α,β-unsaturated/α-hetero) is 1. The number of hydrogen-bond acceptors (Lipinski definition) is 2. The molecule has 2 aromatic rings. The first-order valence-corrected chi connectivity index (χ1v) is 8.86. The highest BCUT2D eigenvalue weighted by atomic mass is 16.2. The van der Waals surface area contributed by atoms with E-state index in [0.29, 0.717) is 12.8 Å². The summed E-state index contributed by atoms with van der Waals surface area (Å²) in [6, 6.07) is 17.9. The van der Waals surface area contributed by atoms with Crippen LogP contribution >= 0.6 is 0 Å². The van der Waals surface area contributed by atoms with Crippen molar-refractivity contribution in [1.29, 1.82) is 0 Å². The zero-order valence-corrected chi connectivity index (χ0v) is 14.4. The van der Waals surface area contributed by atoms with Gasteiger partial charge in [0.05, 0.1) is 5.69 Å². The summed E-state index contributed by atoms with van der Waals surface area (Å²) in [4.78, 5) is 27.7. The Morgan fingerprint density at radius 2 is 1.64 bits per heavy atom. The predicted octanol–water partition coefficient (Wildman–Crippen LogP) is 4.52. The Labute approximate surface area is 148 Å². The zero-order valence-electron chi connectivity index (χ0n) is 14.4. The maximum absolute atomic E-state index is 13.1. The van der Waals surface area contributed by atoms with Gasteiger partial charge in [-0.15, -0.1) is 0 Å². The van der Waals surface area contributed by atoms with Crippen LogP contribution < -0.4 is 4.90 Å². The van der Waals surface area contributed by atoms with E-state index in [2.05, 4.69) is 0 Å². The average Bonchev–Trinajstić information content (AvgIpc) is 2.63. The molecule has 3 nitrogen and oxygen atoms in total. The molecule has 126 valence electrons. The van der Waals surface area contributed by atoms with Crippen molar-refractivity contribution in [3.05, 3.63) is 77.0 Å². The first-order chi connectivity index (χ1) is 12.2. The van der Waals surface area contributed by atoms with Crippen LogP contribution in [-0.4, -0.2) is 11.7 Å². The Hall–Kier alpha value is -2.68. The number of carbonyl (C=O) groups excluding carboxylic acids is 2. The molecule has 1 aliphatic heterocycles. The van der Waals surface area contributed by atoms with Crippen LogP contribution in [0.15, 0.2) is 65.9 Å². The molecule has 1 aliphatic carbocycles. The molecule has 0 aromatic heterocycles. The lowest BCUT2D eigenvalue weighted by Crippen LogP contribution is -2.40. The van der Waals surface area contributed by atoms with Gasteiger partial charge in [0.2, 0.25) is 5.91 Å². The quantitative estimate of drug-likeness (QED) is 0.811. The van der Waals surface area contributed by atoms with Gasteiger partial charge in [-0.1, -0.05) is 48.5 Å². The molecule has 4 rings (SSSR count). The van der Waals surface area contributed by atoms with Gasteiger partial charge in [-0.3, -0.25) is 14.5 Å². The van der Waals surface area contributed by atoms with Crippen LogP contribution in [-0.2, 0) is 9.59 Å². The van der Waals surface area contributed by atoms with Crippen molar-refractivity contribution in [2.75, 3.05) is 4.90 Å². The summed E-state index contributed by atoms with van der Waals surface area (Å²) in [5, 5.41) is 0. The van der Waals surface area contributed by atoms with Crippen LogP contribution in [0.3, 0.4) is 0 Å². The van der Waals surface area contributed by atoms with Crippen LogP contribution in [0, 0.1) is 6.92 Å². The van der Waals surface area contributed by atoms with E-state index in [9.17, 15) is 9.59 Å². The number of allylic oxidation sites excluding steroid dienone is 2. The van der Waals surface area contributed by atoms with Crippen LogP contribution in [0.1, 0.15) is 42.7 Å². The van der Waals surface area contributed by atoms with Crippen LogP contribution in [0.25, 0.3) is 0 Å². The Morgan fingerprint density at radius 1 is 0.920 bits per heavy atom. The molecule has 2 aromatic carbocycles. The average molecular weight is 331 g/mol. The second kappa shape index (κ2) is 6.32. The summed E-state index contributed by atoms with van der Waals surface area (Å²) >= 11 is 0. The fourth-order valence-corrected chi connectivity index (χ4v) is 4.06. The molecule has 25 heavy (non-hydrogen) atoms. The van der Waals surface area contributed by atoms with E-state index in [1.54, 1.807) is 4.90 Å². The molecule has 1 heterocycles. The lowest BCUT2D eigenvalue weighted by molar-refractivity contribution is -0.119. The van der Waals surface area contributed by atoms with Crippen molar-refractivity contribution >= 4 is 17.4 Å². The summed E-state index contributed by atoms with van der Waals surface area (Å²) in [7, 11) is 0. The fraction of sp³-hybridized carbons (Fsp3) is 0.273. The minimum atomic E-state index is -0.114. The molecule has 0 radical (unpaired) electrons. The van der Waals surface area contributed by atoms with Crippen LogP contribution in [0.5, 0.6) is 0 Å². The van der Waals surface area contributed by atoms with Gasteiger partial charge < -0.3 is 0 Å². The highest BCUT2D eigenvalue weighted by Crippen LogP contribution is 2.43. The van der Waals surface area contributed by atoms with E-state index in [1.807, 2.05) is 61.5 Å². The minimum absolute atomic E-state index is 0.0802. The Bertz CT molecular complexity index is 867. The van der Waals surface area contributed by atoms with Gasteiger partial charge in [-0.05, 0) is 37.0 Å². The summed E-state index contributed by atoms with van der Waals surface area (Å²) in [6.45, 7) is 2.01. The third-order valence-electron chi connectivity index (χ3n) is 5.23. The molecule has 0 bridgehead atoms. The van der Waals surface area contributed by atoms with E-state index in [0.717, 1.165) is 40.9 Å². The standard InChI is InChI=1S/C22H21NO2/c1-15-8-5-6-11-18(15)23-19-12-7-13-20(24)22(19)17(14-21(23)25)16-9-3-2-4-10-16/h2-6,8-11,17H,7,12-14H2,1H3. The number of hydrogen-bond donors (Lipinski definition) is 0. The topological polar surface area (TPSA) is 37.4 Å². The first kappa shape index (κ1) is 15.8. The number of amides is 1. The molecule has 1 amide bonds. The molecule has 0 fully saturated rings. The van der Waals surface area contributed by atoms with Crippen molar-refractivity contribution in [2.24, 2.45) is 0 Å². The third-order valence-corrected chi connectivity index (χ3v) is 5.23. The SMILES string of the molecule is Cc1ccccc1N1C(=O)CC(c2ccccc2)C2=C1CCCC2=O. The van der Waals surface area contributed by atoms with Gasteiger partial charge in [0, 0.05) is 30.0 Å². The van der Waals surface area contributed by atoms with Crippen molar-refractivity contribution in [2.45, 2.75) is 38.5 Å². The molecule has 0 N–H and O–H groups in total. The predicted molar refractivity (Wildman–Crippen MR) is 98.3 cm³/mol. The summed E-state index contributed by atoms with van der Waals surface area (Å²) in [5.41, 5.74) is 4.78. The number of para-hydroxylation sites is 1. The molecule has 1 unspecified atom stereocenters. The largest absolute Gasteiger partial charge is 0.294 e. The molecule has 1 atom stereocenters. The summed E-state index contributed by atoms with van der Waals surface area (Å²) in [5.74, 6) is 0.162. The number of benzene rings is 2. The number of rotatable bonds is 2. The maximum Gasteiger partial charge on any atom is 0.232 e. The molecule has 0 saturated carbocycles. The van der Waals surface area contributed by atoms with E-state index < -0.39 is 0 Å². The summed E-state index contributed by atoms with van der Waals surface area (Å²) < 4.78 is 0. The second-order valence-corrected chi connectivity index (χ2v) is 6.82. The third kappa shape index (κ3) is 2.70. The first-order valence-electron chi connectivity index (χ1n) is 8.86. The molecule has 0 saturated heterocycles. The number of carbonyl (C=O) groups is 2. The lowest BCUT2D eigenvalue weighted by Gasteiger charge is -2.38. The Morgan fingerprint density at radius 3 is 2.40 bits per heavy atom. The number of aryl methyl sites for hydroxylation is 1.